The van der Waals surface area contributed by atoms with E-state index in [4.69, 9.17) is 16.3 Å². The first-order valence-corrected chi connectivity index (χ1v) is 9.08. The number of likely N-dealkylation sites (N-methyl/N-ethyl adjacent to an activating group) is 1. The van der Waals surface area contributed by atoms with Crippen molar-refractivity contribution in [3.8, 4) is 0 Å². The molecule has 1 heterocycles. The summed E-state index contributed by atoms with van der Waals surface area (Å²) >= 11 is 7.98. The van der Waals surface area contributed by atoms with E-state index in [1.807, 2.05) is 36.2 Å². The van der Waals surface area contributed by atoms with Gasteiger partial charge in [-0.05, 0) is 13.0 Å². The standard InChI is InChI=1S/C16H21ClN2O3S/c1-3-22-15(21)11-18(2)10-14(20)19-8-9-23-16(19)12-6-4-5-7-13(12)17/h4-7,16H,3,8-11H2,1-2H3/p+1/t16-/m1/s1. The lowest BCUT2D eigenvalue weighted by Gasteiger charge is -2.25. The third-order valence-electron chi connectivity index (χ3n) is 3.59. The molecule has 126 valence electrons. The van der Waals surface area contributed by atoms with Crippen molar-refractivity contribution in [3.05, 3.63) is 34.9 Å². The molecule has 1 saturated heterocycles. The summed E-state index contributed by atoms with van der Waals surface area (Å²) in [4.78, 5) is 26.8. The van der Waals surface area contributed by atoms with E-state index >= 15 is 0 Å². The number of benzene rings is 1. The Balaban J connectivity index is 1.98. The van der Waals surface area contributed by atoms with Gasteiger partial charge in [0, 0.05) is 22.9 Å². The van der Waals surface area contributed by atoms with E-state index in [9.17, 15) is 9.59 Å². The Morgan fingerprint density at radius 1 is 1.39 bits per heavy atom. The van der Waals surface area contributed by atoms with Crippen LogP contribution in [-0.2, 0) is 14.3 Å². The fourth-order valence-corrected chi connectivity index (χ4v) is 4.16. The van der Waals surface area contributed by atoms with Crippen molar-refractivity contribution in [2.24, 2.45) is 0 Å². The molecular weight excluding hydrogens is 336 g/mol. The Bertz CT molecular complexity index is 570. The average Bonchev–Trinajstić information content (AvgIpc) is 2.97. The van der Waals surface area contributed by atoms with Gasteiger partial charge in [-0.3, -0.25) is 4.79 Å². The number of hydrogen-bond donors (Lipinski definition) is 1. The molecule has 1 fully saturated rings. The predicted octanol–water partition coefficient (Wildman–Crippen LogP) is 0.992. The lowest BCUT2D eigenvalue weighted by Crippen LogP contribution is -3.11. The summed E-state index contributed by atoms with van der Waals surface area (Å²) in [5, 5.41) is 0.628. The number of hydrogen-bond acceptors (Lipinski definition) is 4. The Labute approximate surface area is 145 Å². The third kappa shape index (κ3) is 4.86. The highest BCUT2D eigenvalue weighted by Gasteiger charge is 2.33. The lowest BCUT2D eigenvalue weighted by atomic mass is 10.2. The number of nitrogens with one attached hydrogen (secondary N) is 1. The Morgan fingerprint density at radius 2 is 2.13 bits per heavy atom. The maximum atomic E-state index is 12.6. The number of nitrogens with zero attached hydrogens (tertiary/aromatic N) is 1. The molecule has 2 atom stereocenters. The van der Waals surface area contributed by atoms with Gasteiger partial charge in [0.15, 0.2) is 13.1 Å². The predicted molar refractivity (Wildman–Crippen MR) is 91.6 cm³/mol. The lowest BCUT2D eigenvalue weighted by molar-refractivity contribution is -0.863. The van der Waals surface area contributed by atoms with Crippen LogP contribution in [0.5, 0.6) is 0 Å². The zero-order valence-electron chi connectivity index (χ0n) is 13.4. The smallest absolute Gasteiger partial charge is 0.361 e. The fraction of sp³-hybridized carbons (Fsp3) is 0.500. The van der Waals surface area contributed by atoms with Crippen molar-refractivity contribution >= 4 is 35.2 Å². The van der Waals surface area contributed by atoms with Crippen molar-refractivity contribution < 1.29 is 19.2 Å². The van der Waals surface area contributed by atoms with Gasteiger partial charge in [-0.15, -0.1) is 11.8 Å². The number of carbonyl (C=O) groups excluding carboxylic acids is 2. The molecule has 0 aliphatic carbocycles. The summed E-state index contributed by atoms with van der Waals surface area (Å²) in [5.41, 5.74) is 0.966. The summed E-state index contributed by atoms with van der Waals surface area (Å²) in [6.45, 7) is 3.29. The van der Waals surface area contributed by atoms with Crippen molar-refractivity contribution in [2.45, 2.75) is 12.3 Å². The molecule has 23 heavy (non-hydrogen) atoms. The molecule has 5 nitrogen and oxygen atoms in total. The summed E-state index contributed by atoms with van der Waals surface area (Å²) in [7, 11) is 1.82. The Morgan fingerprint density at radius 3 is 2.83 bits per heavy atom. The van der Waals surface area contributed by atoms with Crippen LogP contribution in [0.2, 0.25) is 5.02 Å². The largest absolute Gasteiger partial charge is 0.462 e. The van der Waals surface area contributed by atoms with Crippen LogP contribution in [0.15, 0.2) is 24.3 Å². The van der Waals surface area contributed by atoms with Gasteiger partial charge < -0.3 is 14.5 Å². The van der Waals surface area contributed by atoms with Gasteiger partial charge in [0.2, 0.25) is 0 Å². The zero-order chi connectivity index (χ0) is 16.8. The number of ether oxygens (including phenoxy) is 1. The summed E-state index contributed by atoms with van der Waals surface area (Å²) in [6.07, 6.45) is 0. The third-order valence-corrected chi connectivity index (χ3v) is 5.17. The second-order valence-electron chi connectivity index (χ2n) is 5.45. The first-order valence-electron chi connectivity index (χ1n) is 7.65. The fourth-order valence-electron chi connectivity index (χ4n) is 2.54. The number of carbonyl (C=O) groups is 2. The van der Waals surface area contributed by atoms with E-state index in [-0.39, 0.29) is 30.3 Å². The molecule has 1 amide bonds. The summed E-state index contributed by atoms with van der Waals surface area (Å²) in [5.74, 6) is 0.636. The first-order chi connectivity index (χ1) is 11.0. The quantitative estimate of drug-likeness (QED) is 0.771. The number of quaternary nitrogens is 1. The Kier molecular flexibility index (Phi) is 6.74. The molecule has 1 aliphatic rings. The summed E-state index contributed by atoms with van der Waals surface area (Å²) in [6, 6.07) is 7.62. The molecule has 0 saturated carbocycles. The molecule has 1 aromatic rings. The SMILES string of the molecule is CCOC(=O)C[NH+](C)CC(=O)N1CCS[C@@H]1c1ccccc1Cl. The van der Waals surface area contributed by atoms with E-state index in [0.29, 0.717) is 18.2 Å². The average molecular weight is 358 g/mol. The van der Waals surface area contributed by atoms with E-state index in [0.717, 1.165) is 16.2 Å². The molecule has 1 aliphatic heterocycles. The van der Waals surface area contributed by atoms with Gasteiger partial charge in [0.05, 0.1) is 13.7 Å². The van der Waals surface area contributed by atoms with Crippen molar-refractivity contribution in [1.29, 1.82) is 0 Å². The van der Waals surface area contributed by atoms with E-state index in [1.165, 1.54) is 0 Å². The molecular formula is C16H22ClN2O3S+. The van der Waals surface area contributed by atoms with Crippen LogP contribution in [0.4, 0.5) is 0 Å². The highest BCUT2D eigenvalue weighted by atomic mass is 35.5. The maximum Gasteiger partial charge on any atom is 0.361 e. The van der Waals surface area contributed by atoms with E-state index in [1.54, 1.807) is 18.7 Å². The van der Waals surface area contributed by atoms with Gasteiger partial charge in [0.25, 0.3) is 5.91 Å². The minimum atomic E-state index is -0.281. The topological polar surface area (TPSA) is 51.1 Å². The second-order valence-corrected chi connectivity index (χ2v) is 7.04. The van der Waals surface area contributed by atoms with Crippen molar-refractivity contribution in [1.82, 2.24) is 4.90 Å². The molecule has 0 spiro atoms. The van der Waals surface area contributed by atoms with E-state index in [2.05, 4.69) is 0 Å². The number of halogens is 1. The van der Waals surface area contributed by atoms with Gasteiger partial charge in [-0.2, -0.15) is 0 Å². The van der Waals surface area contributed by atoms with Crippen LogP contribution in [0.3, 0.4) is 0 Å². The molecule has 1 N–H and O–H groups in total. The van der Waals surface area contributed by atoms with Gasteiger partial charge in [-0.1, -0.05) is 29.8 Å². The molecule has 0 aromatic heterocycles. The van der Waals surface area contributed by atoms with Gasteiger partial charge >= 0.3 is 5.97 Å². The normalized spacial score (nSPS) is 18.7. The summed E-state index contributed by atoms with van der Waals surface area (Å²) < 4.78 is 4.92. The second kappa shape index (κ2) is 8.57. The number of thioether (sulfide) groups is 1. The van der Waals surface area contributed by atoms with Crippen LogP contribution in [-0.4, -0.2) is 55.8 Å². The number of rotatable bonds is 6. The molecule has 2 rings (SSSR count). The molecule has 0 bridgehead atoms. The van der Waals surface area contributed by atoms with Crippen LogP contribution in [0, 0.1) is 0 Å². The van der Waals surface area contributed by atoms with Crippen LogP contribution >= 0.6 is 23.4 Å². The number of amides is 1. The highest BCUT2D eigenvalue weighted by molar-refractivity contribution is 7.99. The Hall–Kier alpha value is -1.24. The minimum Gasteiger partial charge on any atom is -0.462 e. The van der Waals surface area contributed by atoms with Gasteiger partial charge in [0.1, 0.15) is 5.37 Å². The maximum absolute atomic E-state index is 12.6. The molecule has 0 radical (unpaired) electrons. The zero-order valence-corrected chi connectivity index (χ0v) is 15.0. The van der Waals surface area contributed by atoms with Crippen LogP contribution < -0.4 is 4.90 Å². The number of esters is 1. The molecule has 7 heteroatoms. The first kappa shape index (κ1) is 18.1. The van der Waals surface area contributed by atoms with Crippen molar-refractivity contribution in [2.75, 3.05) is 39.0 Å². The van der Waals surface area contributed by atoms with Crippen molar-refractivity contribution in [3.63, 3.8) is 0 Å². The van der Waals surface area contributed by atoms with E-state index < -0.39 is 0 Å². The minimum absolute atomic E-state index is 0.0294. The van der Waals surface area contributed by atoms with Crippen LogP contribution in [0.1, 0.15) is 17.9 Å². The van der Waals surface area contributed by atoms with Gasteiger partial charge in [-0.25, -0.2) is 4.79 Å². The molecule has 1 unspecified atom stereocenters. The van der Waals surface area contributed by atoms with Crippen LogP contribution in [0.25, 0.3) is 0 Å². The monoisotopic (exact) mass is 357 g/mol. The molecule has 1 aromatic carbocycles. The highest BCUT2D eigenvalue weighted by Crippen LogP contribution is 2.40.